The number of Topliss-reactive ketones (excluding diaryl/α,β-unsaturated/α-hetero) is 1. The minimum atomic E-state index is -1.45. The Balaban J connectivity index is 2.03. The van der Waals surface area contributed by atoms with Gasteiger partial charge in [-0.15, -0.1) is 0 Å². The molecule has 0 saturated carbocycles. The maximum absolute atomic E-state index is 12.5. The molecule has 9 heteroatoms. The number of nitrogens with one attached hydrogen (secondary N) is 2. The van der Waals surface area contributed by atoms with Crippen LogP contribution in [0.5, 0.6) is 0 Å². The molecule has 0 aliphatic carbocycles. The molecule has 0 aromatic heterocycles. The molecule has 1 unspecified atom stereocenters. The smallest absolute Gasteiger partial charge is 0.419 e. The Labute approximate surface area is 136 Å². The van der Waals surface area contributed by atoms with E-state index in [1.807, 2.05) is 0 Å². The number of carboxylic acids is 1. The summed E-state index contributed by atoms with van der Waals surface area (Å²) in [6.45, 7) is -1.23. The molecule has 8 nitrogen and oxygen atoms in total. The van der Waals surface area contributed by atoms with Gasteiger partial charge in [0.1, 0.15) is 12.7 Å². The minimum absolute atomic E-state index is 0.351. The second-order valence-corrected chi connectivity index (χ2v) is 5.33. The predicted molar refractivity (Wildman–Crippen MR) is 80.1 cm³/mol. The summed E-state index contributed by atoms with van der Waals surface area (Å²) in [4.78, 5) is 46.4. The first-order valence-electron chi connectivity index (χ1n) is 7.29. The molecule has 2 amide bonds. The molecule has 1 atom stereocenters. The van der Waals surface area contributed by atoms with Crippen LogP contribution in [0, 0.1) is 0 Å². The van der Waals surface area contributed by atoms with Crippen molar-refractivity contribution in [2.24, 2.45) is 0 Å². The van der Waals surface area contributed by atoms with Crippen LogP contribution >= 0.6 is 0 Å². The highest BCUT2D eigenvalue weighted by molar-refractivity contribution is 5.99. The van der Waals surface area contributed by atoms with Crippen molar-refractivity contribution in [3.63, 3.8) is 0 Å². The quantitative estimate of drug-likeness (QED) is 0.508. The zero-order valence-corrected chi connectivity index (χ0v) is 12.8. The first kappa shape index (κ1) is 17.5. The maximum Gasteiger partial charge on any atom is 0.419 e. The van der Waals surface area contributed by atoms with Crippen molar-refractivity contribution in [1.82, 2.24) is 10.6 Å². The van der Waals surface area contributed by atoms with Gasteiger partial charge < -0.3 is 15.7 Å². The highest BCUT2D eigenvalue weighted by atomic mass is 19.1. The molecule has 0 aromatic carbocycles. The Hall–Kier alpha value is -2.84. The van der Waals surface area contributed by atoms with Crippen molar-refractivity contribution < 1.29 is 33.3 Å². The summed E-state index contributed by atoms with van der Waals surface area (Å²) in [7, 11) is 0. The van der Waals surface area contributed by atoms with E-state index in [9.17, 15) is 23.6 Å². The van der Waals surface area contributed by atoms with Crippen LogP contribution in [0.15, 0.2) is 23.4 Å². The third-order valence-corrected chi connectivity index (χ3v) is 3.62. The lowest BCUT2D eigenvalue weighted by Gasteiger charge is -2.17. The molecule has 0 radical (unpaired) electrons. The Morgan fingerprint density at radius 3 is 2.83 bits per heavy atom. The molecule has 0 fully saturated rings. The summed E-state index contributed by atoms with van der Waals surface area (Å²) >= 11 is 0. The number of carbonyl (C=O) groups is 4. The minimum Gasteiger partial charge on any atom is -0.481 e. The van der Waals surface area contributed by atoms with Gasteiger partial charge in [-0.1, -0.05) is 0 Å². The summed E-state index contributed by atoms with van der Waals surface area (Å²) in [5, 5.41) is 13.9. The average Bonchev–Trinajstić information content (AvgIpc) is 2.56. The third kappa shape index (κ3) is 4.12. The van der Waals surface area contributed by atoms with Crippen LogP contribution in [0.4, 0.5) is 4.39 Å². The van der Waals surface area contributed by atoms with Crippen LogP contribution in [-0.4, -0.2) is 65.3 Å². The fourth-order valence-corrected chi connectivity index (χ4v) is 2.44. The largest absolute Gasteiger partial charge is 0.481 e. The molecule has 2 heterocycles. The average molecular weight is 338 g/mol. The van der Waals surface area contributed by atoms with Gasteiger partial charge in [0.05, 0.1) is 18.4 Å². The lowest BCUT2D eigenvalue weighted by Crippen LogP contribution is -2.47. The van der Waals surface area contributed by atoms with Gasteiger partial charge in [-0.3, -0.25) is 14.4 Å². The van der Waals surface area contributed by atoms with E-state index in [4.69, 9.17) is 5.11 Å². The number of rotatable bonds is 7. The Bertz CT molecular complexity index is 681. The summed E-state index contributed by atoms with van der Waals surface area (Å²) in [6.07, 6.45) is 4.75. The lowest BCUT2D eigenvalue weighted by atomic mass is 9.98. The zero-order valence-electron chi connectivity index (χ0n) is 12.8. The van der Waals surface area contributed by atoms with E-state index in [0.717, 1.165) is 5.57 Å². The van der Waals surface area contributed by atoms with Crippen molar-refractivity contribution in [3.8, 4) is 0 Å². The fourth-order valence-electron chi connectivity index (χ4n) is 2.44. The molecule has 2 aliphatic heterocycles. The van der Waals surface area contributed by atoms with Gasteiger partial charge in [0.15, 0.2) is 12.0 Å². The maximum atomic E-state index is 12.5. The SMILES string of the molecule is O=C(O)CC(NC(=O)C[N+]1=CCC2=CNCC=C2C1=O)C(=O)CF. The number of carboxylic acid groups (broad SMARTS) is 1. The topological polar surface area (TPSA) is 116 Å². The number of hydrogen-bond donors (Lipinski definition) is 3. The monoisotopic (exact) mass is 338 g/mol. The van der Waals surface area contributed by atoms with Gasteiger partial charge in [-0.25, -0.2) is 9.18 Å². The molecule has 128 valence electrons. The van der Waals surface area contributed by atoms with Crippen LogP contribution < -0.4 is 10.6 Å². The number of nitrogens with zero attached hydrogens (tertiary/aromatic N) is 1. The third-order valence-electron chi connectivity index (χ3n) is 3.62. The molecular formula is C15H17FN3O5+. The second-order valence-electron chi connectivity index (χ2n) is 5.33. The van der Waals surface area contributed by atoms with Crippen molar-refractivity contribution in [3.05, 3.63) is 23.4 Å². The summed E-state index contributed by atoms with van der Waals surface area (Å²) < 4.78 is 13.7. The van der Waals surface area contributed by atoms with E-state index >= 15 is 0 Å². The molecule has 0 spiro atoms. The first-order chi connectivity index (χ1) is 11.4. The predicted octanol–water partition coefficient (Wildman–Crippen LogP) is -1.09. The molecule has 2 rings (SSSR count). The van der Waals surface area contributed by atoms with Gasteiger partial charge >= 0.3 is 11.9 Å². The van der Waals surface area contributed by atoms with Crippen LogP contribution in [0.3, 0.4) is 0 Å². The number of dihydropyridines is 1. The molecule has 2 aliphatic rings. The number of ketones is 1. The zero-order chi connectivity index (χ0) is 17.7. The number of fused-ring (bicyclic) bond motifs is 1. The lowest BCUT2D eigenvalue weighted by molar-refractivity contribution is -0.432. The van der Waals surface area contributed by atoms with Gasteiger partial charge in [0.2, 0.25) is 6.54 Å². The fraction of sp³-hybridized carbons (Fsp3) is 0.400. The number of alkyl halides is 1. The van der Waals surface area contributed by atoms with Gasteiger partial charge in [0, 0.05) is 12.7 Å². The summed E-state index contributed by atoms with van der Waals surface area (Å²) in [5.74, 6) is -3.44. The summed E-state index contributed by atoms with van der Waals surface area (Å²) in [5.41, 5.74) is 1.32. The summed E-state index contributed by atoms with van der Waals surface area (Å²) in [6, 6.07) is -1.45. The standard InChI is InChI=1S/C15H16FN3O5/c16-6-12(20)11(5-14(22)23)18-13(21)8-19-4-2-9-7-17-3-1-10(9)15(19)24/h1,4,7,11,17H,2-3,5-6,8H2,(H-,18,21,22,23)/p+1. The van der Waals surface area contributed by atoms with E-state index in [0.29, 0.717) is 18.5 Å². The molecule has 24 heavy (non-hydrogen) atoms. The Morgan fingerprint density at radius 1 is 1.42 bits per heavy atom. The molecule has 3 N–H and O–H groups in total. The number of aliphatic carboxylic acids is 1. The van der Waals surface area contributed by atoms with E-state index in [1.54, 1.807) is 18.5 Å². The van der Waals surface area contributed by atoms with Crippen LogP contribution in [0.25, 0.3) is 0 Å². The second kappa shape index (κ2) is 7.62. The number of hydrogen-bond acceptors (Lipinski definition) is 5. The van der Waals surface area contributed by atoms with Crippen molar-refractivity contribution >= 4 is 29.8 Å². The van der Waals surface area contributed by atoms with E-state index in [1.165, 1.54) is 4.58 Å². The van der Waals surface area contributed by atoms with Crippen LogP contribution in [0.2, 0.25) is 0 Å². The van der Waals surface area contributed by atoms with Gasteiger partial charge in [-0.2, -0.15) is 4.58 Å². The van der Waals surface area contributed by atoms with Gasteiger partial charge in [0.25, 0.3) is 5.91 Å². The highest BCUT2D eigenvalue weighted by Crippen LogP contribution is 2.19. The normalized spacial score (nSPS) is 17.5. The Morgan fingerprint density at radius 2 is 2.17 bits per heavy atom. The van der Waals surface area contributed by atoms with Crippen molar-refractivity contribution in [2.45, 2.75) is 18.9 Å². The number of halogens is 1. The molecule has 0 bridgehead atoms. The van der Waals surface area contributed by atoms with E-state index in [2.05, 4.69) is 10.6 Å². The highest BCUT2D eigenvalue weighted by Gasteiger charge is 2.33. The molecule has 0 saturated heterocycles. The number of carbonyl (C=O) groups excluding carboxylic acids is 3. The van der Waals surface area contributed by atoms with Crippen LogP contribution in [-0.2, 0) is 19.2 Å². The molecular weight excluding hydrogens is 321 g/mol. The van der Waals surface area contributed by atoms with Crippen molar-refractivity contribution in [1.29, 1.82) is 0 Å². The van der Waals surface area contributed by atoms with Crippen molar-refractivity contribution in [2.75, 3.05) is 19.8 Å². The van der Waals surface area contributed by atoms with E-state index < -0.39 is 36.8 Å². The first-order valence-corrected chi connectivity index (χ1v) is 7.29. The van der Waals surface area contributed by atoms with Gasteiger partial charge in [-0.05, 0) is 11.6 Å². The Kier molecular flexibility index (Phi) is 5.56. The van der Waals surface area contributed by atoms with E-state index in [-0.39, 0.29) is 12.5 Å². The number of amides is 2. The van der Waals surface area contributed by atoms with Crippen LogP contribution in [0.1, 0.15) is 12.8 Å². The molecule has 0 aromatic rings.